The van der Waals surface area contributed by atoms with Gasteiger partial charge in [0.05, 0.1) is 6.61 Å². The van der Waals surface area contributed by atoms with Gasteiger partial charge in [-0.3, -0.25) is 9.59 Å². The number of allylic oxidation sites excluding steroid dienone is 1. The lowest BCUT2D eigenvalue weighted by molar-refractivity contribution is -0.111. The molecule has 1 heterocycles. The Morgan fingerprint density at radius 2 is 1.89 bits per heavy atom. The monoisotopic (exact) mass is 258 g/mol. The molecular formula is C15H14O4. The Balaban J connectivity index is 2.44. The van der Waals surface area contributed by atoms with E-state index in [2.05, 4.69) is 0 Å². The molecule has 1 aromatic rings. The zero-order valence-corrected chi connectivity index (χ0v) is 11.0. The minimum atomic E-state index is -0.625. The molecular weight excluding hydrogens is 244 g/mol. The predicted molar refractivity (Wildman–Crippen MR) is 69.6 cm³/mol. The van der Waals surface area contributed by atoms with E-state index in [1.54, 1.807) is 13.0 Å². The van der Waals surface area contributed by atoms with Gasteiger partial charge in [-0.1, -0.05) is 6.92 Å². The van der Waals surface area contributed by atoms with Crippen molar-refractivity contribution in [2.45, 2.75) is 26.7 Å². The molecule has 98 valence electrons. The molecule has 0 aromatic heterocycles. The molecule has 0 saturated heterocycles. The highest BCUT2D eigenvalue weighted by Crippen LogP contribution is 2.44. The first-order valence-electron chi connectivity index (χ1n) is 6.23. The fraction of sp³-hybridized carbons (Fsp3) is 0.333. The van der Waals surface area contributed by atoms with E-state index in [-0.39, 0.29) is 17.3 Å². The lowest BCUT2D eigenvalue weighted by Crippen LogP contribution is -2.25. The summed E-state index contributed by atoms with van der Waals surface area (Å²) < 4.78 is 5.57. The molecule has 0 bridgehead atoms. The van der Waals surface area contributed by atoms with Crippen LogP contribution in [0.3, 0.4) is 0 Å². The van der Waals surface area contributed by atoms with Gasteiger partial charge in [0.15, 0.2) is 0 Å². The van der Waals surface area contributed by atoms with E-state index in [0.717, 1.165) is 5.56 Å². The SMILES string of the molecule is CC1=C(O)c2c(c(C)cc3c2[C@H](C)CO3)C(=O)C1=O. The third-order valence-electron chi connectivity index (χ3n) is 3.87. The number of hydrogen-bond acceptors (Lipinski definition) is 4. The van der Waals surface area contributed by atoms with Crippen LogP contribution in [0.1, 0.15) is 46.8 Å². The smallest absolute Gasteiger partial charge is 0.234 e. The minimum Gasteiger partial charge on any atom is -0.507 e. The molecule has 1 aromatic carbocycles. The molecule has 2 aliphatic rings. The van der Waals surface area contributed by atoms with Crippen LogP contribution in [-0.4, -0.2) is 23.3 Å². The van der Waals surface area contributed by atoms with Gasteiger partial charge in [0.1, 0.15) is 11.5 Å². The van der Waals surface area contributed by atoms with Gasteiger partial charge >= 0.3 is 0 Å². The van der Waals surface area contributed by atoms with E-state index in [1.807, 2.05) is 6.92 Å². The van der Waals surface area contributed by atoms with Crippen molar-refractivity contribution in [1.82, 2.24) is 0 Å². The highest BCUT2D eigenvalue weighted by Gasteiger charge is 2.37. The molecule has 19 heavy (non-hydrogen) atoms. The number of Topliss-reactive ketones (excluding diaryl/α,β-unsaturated/α-hetero) is 2. The summed E-state index contributed by atoms with van der Waals surface area (Å²) in [6, 6.07) is 1.77. The fourth-order valence-corrected chi connectivity index (χ4v) is 2.83. The molecule has 1 aliphatic heterocycles. The van der Waals surface area contributed by atoms with Crippen molar-refractivity contribution in [3.05, 3.63) is 33.9 Å². The number of ketones is 2. The third kappa shape index (κ3) is 1.40. The molecule has 1 N–H and O–H groups in total. The lowest BCUT2D eigenvalue weighted by atomic mass is 9.81. The quantitative estimate of drug-likeness (QED) is 0.726. The number of hydrogen-bond donors (Lipinski definition) is 1. The maximum Gasteiger partial charge on any atom is 0.234 e. The minimum absolute atomic E-state index is 0.0862. The van der Waals surface area contributed by atoms with E-state index < -0.39 is 11.6 Å². The summed E-state index contributed by atoms with van der Waals surface area (Å²) in [6.07, 6.45) is 0. The largest absolute Gasteiger partial charge is 0.507 e. The Kier molecular flexibility index (Phi) is 2.33. The lowest BCUT2D eigenvalue weighted by Gasteiger charge is -2.21. The summed E-state index contributed by atoms with van der Waals surface area (Å²) in [7, 11) is 0. The first-order valence-corrected chi connectivity index (χ1v) is 6.23. The van der Waals surface area contributed by atoms with Gasteiger partial charge in [-0.25, -0.2) is 0 Å². The Bertz CT molecular complexity index is 667. The average molecular weight is 258 g/mol. The molecule has 4 nitrogen and oxygen atoms in total. The molecule has 1 aliphatic carbocycles. The number of carbonyl (C=O) groups is 2. The second kappa shape index (κ2) is 3.70. The molecule has 1 atom stereocenters. The van der Waals surface area contributed by atoms with Crippen LogP contribution in [0.2, 0.25) is 0 Å². The van der Waals surface area contributed by atoms with Crippen LogP contribution in [0.5, 0.6) is 5.75 Å². The predicted octanol–water partition coefficient (Wildman–Crippen LogP) is 2.55. The molecule has 4 heteroatoms. The van der Waals surface area contributed by atoms with E-state index in [9.17, 15) is 14.7 Å². The number of carbonyl (C=O) groups excluding carboxylic acids is 2. The maximum absolute atomic E-state index is 12.2. The highest BCUT2D eigenvalue weighted by atomic mass is 16.5. The van der Waals surface area contributed by atoms with Crippen molar-refractivity contribution < 1.29 is 19.4 Å². The van der Waals surface area contributed by atoms with Gasteiger partial charge in [0.2, 0.25) is 11.6 Å². The number of aliphatic hydroxyl groups excluding tert-OH is 1. The summed E-state index contributed by atoms with van der Waals surface area (Å²) in [4.78, 5) is 24.0. The molecule has 0 fully saturated rings. The molecule has 0 radical (unpaired) electrons. The summed E-state index contributed by atoms with van der Waals surface area (Å²) in [5.74, 6) is -0.452. The van der Waals surface area contributed by atoms with Crippen molar-refractivity contribution in [3.63, 3.8) is 0 Å². The Hall–Kier alpha value is -2.10. The van der Waals surface area contributed by atoms with Crippen molar-refractivity contribution in [1.29, 1.82) is 0 Å². The average Bonchev–Trinajstić information content (AvgIpc) is 2.73. The van der Waals surface area contributed by atoms with Crippen LogP contribution in [0.25, 0.3) is 5.76 Å². The van der Waals surface area contributed by atoms with Crippen molar-refractivity contribution in [2.75, 3.05) is 6.61 Å². The van der Waals surface area contributed by atoms with Crippen LogP contribution in [0.4, 0.5) is 0 Å². The fourth-order valence-electron chi connectivity index (χ4n) is 2.83. The normalized spacial score (nSPS) is 21.3. The highest BCUT2D eigenvalue weighted by molar-refractivity contribution is 6.52. The molecule has 0 saturated carbocycles. The number of ether oxygens (including phenoxy) is 1. The second-order valence-electron chi connectivity index (χ2n) is 5.20. The first kappa shape index (κ1) is 12.0. The summed E-state index contributed by atoms with van der Waals surface area (Å²) in [6.45, 7) is 5.74. The summed E-state index contributed by atoms with van der Waals surface area (Å²) in [5, 5.41) is 10.3. The van der Waals surface area contributed by atoms with E-state index >= 15 is 0 Å². The zero-order chi connectivity index (χ0) is 13.9. The Morgan fingerprint density at radius 1 is 1.21 bits per heavy atom. The summed E-state index contributed by atoms with van der Waals surface area (Å²) >= 11 is 0. The van der Waals surface area contributed by atoms with Crippen LogP contribution in [0, 0.1) is 6.92 Å². The summed E-state index contributed by atoms with van der Waals surface area (Å²) in [5.41, 5.74) is 2.43. The van der Waals surface area contributed by atoms with Crippen molar-refractivity contribution in [2.24, 2.45) is 0 Å². The van der Waals surface area contributed by atoms with Crippen LogP contribution >= 0.6 is 0 Å². The number of aliphatic hydroxyl groups is 1. The van der Waals surface area contributed by atoms with E-state index in [4.69, 9.17) is 4.74 Å². The third-order valence-corrected chi connectivity index (χ3v) is 3.87. The molecule has 3 rings (SSSR count). The number of benzene rings is 1. The zero-order valence-electron chi connectivity index (χ0n) is 11.0. The van der Waals surface area contributed by atoms with Gasteiger partial charge in [-0.15, -0.1) is 0 Å². The van der Waals surface area contributed by atoms with E-state index in [1.165, 1.54) is 6.92 Å². The Labute approximate surface area is 110 Å². The van der Waals surface area contributed by atoms with Crippen LogP contribution in [-0.2, 0) is 4.79 Å². The topological polar surface area (TPSA) is 63.6 Å². The molecule has 0 amide bonds. The van der Waals surface area contributed by atoms with Crippen molar-refractivity contribution in [3.8, 4) is 5.75 Å². The maximum atomic E-state index is 12.2. The van der Waals surface area contributed by atoms with Crippen molar-refractivity contribution >= 4 is 17.3 Å². The van der Waals surface area contributed by atoms with Gasteiger partial charge in [0, 0.05) is 28.2 Å². The number of fused-ring (bicyclic) bond motifs is 3. The molecule has 0 spiro atoms. The van der Waals surface area contributed by atoms with Gasteiger partial charge in [-0.2, -0.15) is 0 Å². The number of aryl methyl sites for hydroxylation is 1. The molecule has 0 unspecified atom stereocenters. The standard InChI is InChI=1S/C15H14O4/c1-6-4-9-10(7(2)5-19-9)12-11(6)15(18)14(17)8(3)13(12)16/h4,7,16H,5H2,1-3H3/t7-/m1/s1. The number of rotatable bonds is 0. The second-order valence-corrected chi connectivity index (χ2v) is 5.20. The first-order chi connectivity index (χ1) is 8.93. The van der Waals surface area contributed by atoms with Crippen LogP contribution < -0.4 is 4.74 Å². The van der Waals surface area contributed by atoms with Gasteiger partial charge < -0.3 is 9.84 Å². The van der Waals surface area contributed by atoms with Crippen LogP contribution in [0.15, 0.2) is 11.6 Å². The van der Waals surface area contributed by atoms with Gasteiger partial charge in [0.25, 0.3) is 0 Å². The Morgan fingerprint density at radius 3 is 2.58 bits per heavy atom. The van der Waals surface area contributed by atoms with Gasteiger partial charge in [-0.05, 0) is 25.5 Å². The van der Waals surface area contributed by atoms with E-state index in [0.29, 0.717) is 29.0 Å².